The van der Waals surface area contributed by atoms with Crippen LogP contribution in [0.15, 0.2) is 42.5 Å². The van der Waals surface area contributed by atoms with Crippen molar-refractivity contribution in [3.8, 4) is 5.75 Å². The molecule has 1 fully saturated rings. The molecule has 0 bridgehead atoms. The first-order valence-electron chi connectivity index (χ1n) is 8.70. The van der Waals surface area contributed by atoms with Gasteiger partial charge in [-0.05, 0) is 49.2 Å². The summed E-state index contributed by atoms with van der Waals surface area (Å²) >= 11 is 12.4. The summed E-state index contributed by atoms with van der Waals surface area (Å²) in [6, 6.07) is 13.4. The van der Waals surface area contributed by atoms with Crippen molar-refractivity contribution in [3.05, 3.63) is 58.1 Å². The van der Waals surface area contributed by atoms with Gasteiger partial charge in [-0.15, -0.1) is 0 Å². The molecule has 1 atom stereocenters. The summed E-state index contributed by atoms with van der Waals surface area (Å²) in [4.78, 5) is 14.7. The fraction of sp³-hybridized carbons (Fsp3) is 0.350. The number of ether oxygens (including phenoxy) is 1. The van der Waals surface area contributed by atoms with Crippen LogP contribution >= 0.6 is 23.2 Å². The summed E-state index contributed by atoms with van der Waals surface area (Å²) in [5.41, 5.74) is 1.73. The number of hydrogen-bond donors (Lipinski definition) is 1. The van der Waals surface area contributed by atoms with Gasteiger partial charge >= 0.3 is 0 Å². The fourth-order valence-electron chi connectivity index (χ4n) is 3.43. The molecule has 26 heavy (non-hydrogen) atoms. The van der Waals surface area contributed by atoms with Crippen molar-refractivity contribution in [2.75, 3.05) is 25.5 Å². The Balaban J connectivity index is 1.61. The molecular formula is C20H22Cl2N2O2. The Morgan fingerprint density at radius 2 is 2.08 bits per heavy atom. The first-order valence-corrected chi connectivity index (χ1v) is 9.46. The molecule has 1 heterocycles. The summed E-state index contributed by atoms with van der Waals surface area (Å²) in [5.74, 6) is 0.535. The molecule has 1 aliphatic heterocycles. The Hall–Kier alpha value is -1.75. The molecule has 138 valence electrons. The molecule has 0 aliphatic carbocycles. The summed E-state index contributed by atoms with van der Waals surface area (Å²) in [5, 5.41) is 4.24. The number of methoxy groups -OCH3 is 1. The summed E-state index contributed by atoms with van der Waals surface area (Å²) in [7, 11) is 1.57. The van der Waals surface area contributed by atoms with E-state index in [1.807, 2.05) is 18.2 Å². The van der Waals surface area contributed by atoms with Crippen molar-refractivity contribution in [1.29, 1.82) is 0 Å². The number of nitrogens with zero attached hydrogens (tertiary/aromatic N) is 1. The van der Waals surface area contributed by atoms with Crippen molar-refractivity contribution >= 4 is 34.8 Å². The Morgan fingerprint density at radius 3 is 2.85 bits per heavy atom. The summed E-state index contributed by atoms with van der Waals surface area (Å²) < 4.78 is 5.27. The van der Waals surface area contributed by atoms with Gasteiger partial charge in [-0.25, -0.2) is 0 Å². The second-order valence-corrected chi connectivity index (χ2v) is 7.20. The van der Waals surface area contributed by atoms with E-state index in [1.165, 1.54) is 0 Å². The largest absolute Gasteiger partial charge is 0.495 e. The van der Waals surface area contributed by atoms with E-state index in [1.54, 1.807) is 25.3 Å². The van der Waals surface area contributed by atoms with Gasteiger partial charge in [-0.2, -0.15) is 0 Å². The van der Waals surface area contributed by atoms with E-state index in [0.29, 0.717) is 29.4 Å². The molecule has 1 aliphatic rings. The number of hydrogen-bond acceptors (Lipinski definition) is 3. The van der Waals surface area contributed by atoms with Gasteiger partial charge in [0.05, 0.1) is 12.8 Å². The van der Waals surface area contributed by atoms with Crippen molar-refractivity contribution in [3.63, 3.8) is 0 Å². The molecule has 0 saturated carbocycles. The Morgan fingerprint density at radius 1 is 1.27 bits per heavy atom. The molecule has 4 nitrogen and oxygen atoms in total. The van der Waals surface area contributed by atoms with E-state index in [4.69, 9.17) is 27.9 Å². The molecule has 1 N–H and O–H groups in total. The first kappa shape index (κ1) is 19.0. The van der Waals surface area contributed by atoms with E-state index >= 15 is 0 Å². The molecule has 0 radical (unpaired) electrons. The number of nitrogens with one attached hydrogen (secondary N) is 1. The molecular weight excluding hydrogens is 371 g/mol. The number of rotatable bonds is 6. The van der Waals surface area contributed by atoms with E-state index in [2.05, 4.69) is 16.3 Å². The van der Waals surface area contributed by atoms with Gasteiger partial charge in [0, 0.05) is 29.1 Å². The minimum Gasteiger partial charge on any atom is -0.495 e. The van der Waals surface area contributed by atoms with Crippen LogP contribution in [0.4, 0.5) is 5.69 Å². The van der Waals surface area contributed by atoms with Crippen LogP contribution in [0.1, 0.15) is 30.9 Å². The SMILES string of the molecule is COc1ccc(Cl)cc1NC(=O)CCN1CCCC1c1ccccc1Cl. The predicted octanol–water partition coefficient (Wildman–Crippen LogP) is 5.17. The van der Waals surface area contributed by atoms with Crippen LogP contribution in [0, 0.1) is 0 Å². The van der Waals surface area contributed by atoms with E-state index in [9.17, 15) is 4.79 Å². The minimum absolute atomic E-state index is 0.0598. The molecule has 0 aromatic heterocycles. The maximum atomic E-state index is 12.4. The van der Waals surface area contributed by atoms with Crippen molar-refractivity contribution in [2.45, 2.75) is 25.3 Å². The normalized spacial score (nSPS) is 17.3. The number of carbonyl (C=O) groups is 1. The van der Waals surface area contributed by atoms with Gasteiger partial charge in [-0.1, -0.05) is 41.4 Å². The third-order valence-corrected chi connectivity index (χ3v) is 5.27. The standard InChI is InChI=1S/C20H22Cl2N2O2/c1-26-19-9-8-14(21)13-17(19)23-20(25)10-12-24-11-4-7-18(24)15-5-2-3-6-16(15)22/h2-3,5-6,8-9,13,18H,4,7,10-12H2,1H3,(H,23,25). The molecule has 1 amide bonds. The van der Waals surface area contributed by atoms with Crippen molar-refractivity contribution in [1.82, 2.24) is 4.90 Å². The van der Waals surface area contributed by atoms with Gasteiger partial charge in [0.15, 0.2) is 0 Å². The third kappa shape index (κ3) is 4.50. The van der Waals surface area contributed by atoms with Gasteiger partial charge < -0.3 is 10.1 Å². The van der Waals surface area contributed by atoms with Crippen molar-refractivity contribution in [2.24, 2.45) is 0 Å². The highest BCUT2D eigenvalue weighted by Crippen LogP contribution is 2.35. The van der Waals surface area contributed by atoms with E-state index in [-0.39, 0.29) is 11.9 Å². The molecule has 3 rings (SSSR count). The highest BCUT2D eigenvalue weighted by atomic mass is 35.5. The predicted molar refractivity (Wildman–Crippen MR) is 106 cm³/mol. The van der Waals surface area contributed by atoms with Crippen LogP contribution in [0.5, 0.6) is 5.75 Å². The minimum atomic E-state index is -0.0598. The Labute approximate surface area is 164 Å². The lowest BCUT2D eigenvalue weighted by atomic mass is 10.0. The second kappa shape index (κ2) is 8.76. The van der Waals surface area contributed by atoms with Crippen LogP contribution in [-0.2, 0) is 4.79 Å². The number of halogens is 2. The van der Waals surface area contributed by atoms with Crippen molar-refractivity contribution < 1.29 is 9.53 Å². The highest BCUT2D eigenvalue weighted by molar-refractivity contribution is 6.31. The van der Waals surface area contributed by atoms with Gasteiger partial charge in [0.25, 0.3) is 0 Å². The Kier molecular flexibility index (Phi) is 6.41. The zero-order valence-electron chi connectivity index (χ0n) is 14.7. The van der Waals surface area contributed by atoms with Crippen LogP contribution in [0.25, 0.3) is 0 Å². The van der Waals surface area contributed by atoms with Crippen LogP contribution < -0.4 is 10.1 Å². The topological polar surface area (TPSA) is 41.6 Å². The lowest BCUT2D eigenvalue weighted by Crippen LogP contribution is -2.28. The molecule has 2 aromatic rings. The molecule has 1 saturated heterocycles. The zero-order chi connectivity index (χ0) is 18.5. The summed E-state index contributed by atoms with van der Waals surface area (Å²) in [6.45, 7) is 1.66. The fourth-order valence-corrected chi connectivity index (χ4v) is 3.86. The lowest BCUT2D eigenvalue weighted by molar-refractivity contribution is -0.116. The average Bonchev–Trinajstić information content (AvgIpc) is 3.09. The van der Waals surface area contributed by atoms with Crippen LogP contribution in [-0.4, -0.2) is 31.0 Å². The zero-order valence-corrected chi connectivity index (χ0v) is 16.2. The van der Waals surface area contributed by atoms with Crippen LogP contribution in [0.2, 0.25) is 10.0 Å². The number of amides is 1. The van der Waals surface area contributed by atoms with Gasteiger partial charge in [-0.3, -0.25) is 9.69 Å². The Bertz CT molecular complexity index is 782. The maximum Gasteiger partial charge on any atom is 0.225 e. The highest BCUT2D eigenvalue weighted by Gasteiger charge is 2.27. The number of carbonyl (C=O) groups excluding carboxylic acids is 1. The molecule has 6 heteroatoms. The molecule has 0 spiro atoms. The van der Waals surface area contributed by atoms with Gasteiger partial charge in [0.1, 0.15) is 5.75 Å². The number of benzene rings is 2. The first-order chi connectivity index (χ1) is 12.6. The maximum absolute atomic E-state index is 12.4. The van der Waals surface area contributed by atoms with E-state index in [0.717, 1.165) is 30.0 Å². The van der Waals surface area contributed by atoms with Gasteiger partial charge in [0.2, 0.25) is 5.91 Å². The smallest absolute Gasteiger partial charge is 0.225 e. The monoisotopic (exact) mass is 392 g/mol. The summed E-state index contributed by atoms with van der Waals surface area (Å²) in [6.07, 6.45) is 2.57. The lowest BCUT2D eigenvalue weighted by Gasteiger charge is -2.25. The number of likely N-dealkylation sites (tertiary alicyclic amines) is 1. The second-order valence-electron chi connectivity index (χ2n) is 6.36. The number of anilines is 1. The average molecular weight is 393 g/mol. The quantitative estimate of drug-likeness (QED) is 0.737. The van der Waals surface area contributed by atoms with Crippen LogP contribution in [0.3, 0.4) is 0 Å². The van der Waals surface area contributed by atoms with E-state index < -0.39 is 0 Å². The third-order valence-electron chi connectivity index (χ3n) is 4.69. The molecule has 2 aromatic carbocycles. The molecule has 1 unspecified atom stereocenters.